The van der Waals surface area contributed by atoms with Gasteiger partial charge in [0.2, 0.25) is 0 Å². The van der Waals surface area contributed by atoms with E-state index in [0.717, 1.165) is 78.3 Å². The van der Waals surface area contributed by atoms with Crippen molar-refractivity contribution in [3.8, 4) is 11.5 Å². The number of aromatic amines is 1. The van der Waals surface area contributed by atoms with Crippen molar-refractivity contribution in [1.82, 2.24) is 14.9 Å². The smallest absolute Gasteiger partial charge is 0.409 e. The molecule has 8 heteroatoms. The van der Waals surface area contributed by atoms with Gasteiger partial charge in [-0.15, -0.1) is 0 Å². The molecule has 5 rings (SSSR count). The summed E-state index contributed by atoms with van der Waals surface area (Å²) in [6.45, 7) is 6.81. The van der Waals surface area contributed by atoms with Crippen molar-refractivity contribution in [3.63, 3.8) is 0 Å². The second-order valence-electron chi connectivity index (χ2n) is 11.1. The highest BCUT2D eigenvalue weighted by atomic mass is 35.5. The highest BCUT2D eigenvalue weighted by molar-refractivity contribution is 6.30. The summed E-state index contributed by atoms with van der Waals surface area (Å²) < 4.78 is 17.9. The monoisotopic (exact) mass is 575 g/mol. The lowest BCUT2D eigenvalue weighted by atomic mass is 9.91. The molecular formula is C33H38ClN3O4. The first-order valence-electron chi connectivity index (χ1n) is 14.4. The van der Waals surface area contributed by atoms with Gasteiger partial charge in [0.25, 0.3) is 0 Å². The summed E-state index contributed by atoms with van der Waals surface area (Å²) in [4.78, 5) is 22.7. The van der Waals surface area contributed by atoms with Gasteiger partial charge in [-0.25, -0.2) is 9.78 Å². The van der Waals surface area contributed by atoms with Crippen LogP contribution >= 0.6 is 11.6 Å². The van der Waals surface area contributed by atoms with E-state index in [9.17, 15) is 4.79 Å². The molecule has 0 saturated carbocycles. The average Bonchev–Trinajstić information content (AvgIpc) is 3.41. The number of H-pyrrole nitrogens is 1. The maximum Gasteiger partial charge on any atom is 0.409 e. The number of hydrogen-bond acceptors (Lipinski definition) is 5. The molecule has 1 amide bonds. The molecule has 0 bridgehead atoms. The number of nitrogens with one attached hydrogen (secondary N) is 1. The SMILES string of the molecule is CC(C)COC(=O)N1CCC[C@@H](CCc2ccc3[nH]c(COc4ccc(Cl)cc4)nc3c2OCc2ccccc2)C1. The fourth-order valence-electron chi connectivity index (χ4n) is 5.14. The number of hydrogen-bond donors (Lipinski definition) is 1. The number of amides is 1. The second-order valence-corrected chi connectivity index (χ2v) is 11.6. The lowest BCUT2D eigenvalue weighted by Crippen LogP contribution is -2.40. The molecule has 2 heterocycles. The Morgan fingerprint density at radius 2 is 1.85 bits per heavy atom. The van der Waals surface area contributed by atoms with Crippen molar-refractivity contribution >= 4 is 28.7 Å². The number of imidazole rings is 1. The van der Waals surface area contributed by atoms with Gasteiger partial charge in [-0.2, -0.15) is 0 Å². The van der Waals surface area contributed by atoms with Gasteiger partial charge in [0, 0.05) is 18.1 Å². The summed E-state index contributed by atoms with van der Waals surface area (Å²) in [7, 11) is 0. The Balaban J connectivity index is 1.30. The van der Waals surface area contributed by atoms with Crippen LogP contribution in [0.25, 0.3) is 11.0 Å². The van der Waals surface area contributed by atoms with Crippen LogP contribution in [0, 0.1) is 11.8 Å². The third-order valence-electron chi connectivity index (χ3n) is 7.29. The van der Waals surface area contributed by atoms with Gasteiger partial charge >= 0.3 is 6.09 Å². The van der Waals surface area contributed by atoms with Crippen LogP contribution in [0.2, 0.25) is 5.02 Å². The third-order valence-corrected chi connectivity index (χ3v) is 7.55. The molecule has 1 aromatic heterocycles. The first-order chi connectivity index (χ1) is 19.9. The van der Waals surface area contributed by atoms with E-state index in [0.29, 0.717) is 36.7 Å². The summed E-state index contributed by atoms with van der Waals surface area (Å²) in [5.74, 6) is 2.99. The minimum absolute atomic E-state index is 0.193. The van der Waals surface area contributed by atoms with Gasteiger partial charge in [-0.05, 0) is 79.0 Å². The Labute approximate surface area is 246 Å². The number of carbonyl (C=O) groups is 1. The number of piperidine rings is 1. The van der Waals surface area contributed by atoms with Gasteiger partial charge in [-0.3, -0.25) is 0 Å². The number of fused-ring (bicyclic) bond motifs is 1. The van der Waals surface area contributed by atoms with Crippen molar-refractivity contribution < 1.29 is 19.0 Å². The molecule has 1 fully saturated rings. The maximum atomic E-state index is 12.6. The Hall–Kier alpha value is -3.71. The topological polar surface area (TPSA) is 76.7 Å². The first kappa shape index (κ1) is 28.8. The Kier molecular flexibility index (Phi) is 9.67. The third kappa shape index (κ3) is 7.94. The van der Waals surface area contributed by atoms with E-state index in [4.69, 9.17) is 30.8 Å². The summed E-state index contributed by atoms with van der Waals surface area (Å²) in [5, 5.41) is 0.667. The molecule has 0 radical (unpaired) electrons. The number of rotatable bonds is 11. The molecule has 1 N–H and O–H groups in total. The predicted octanol–water partition coefficient (Wildman–Crippen LogP) is 7.81. The highest BCUT2D eigenvalue weighted by Gasteiger charge is 2.25. The van der Waals surface area contributed by atoms with Gasteiger partial charge in [0.05, 0.1) is 12.1 Å². The minimum Gasteiger partial charge on any atom is -0.486 e. The molecule has 1 atom stereocenters. The van der Waals surface area contributed by atoms with E-state index in [1.807, 2.05) is 35.2 Å². The zero-order valence-corrected chi connectivity index (χ0v) is 24.5. The Morgan fingerprint density at radius 3 is 2.63 bits per heavy atom. The van der Waals surface area contributed by atoms with Crippen molar-refractivity contribution in [3.05, 3.63) is 88.7 Å². The van der Waals surface area contributed by atoms with Crippen molar-refractivity contribution in [2.45, 2.75) is 52.7 Å². The van der Waals surface area contributed by atoms with Crippen LogP contribution in [-0.2, 0) is 24.4 Å². The molecule has 7 nitrogen and oxygen atoms in total. The normalized spacial score (nSPS) is 15.3. The number of ether oxygens (including phenoxy) is 3. The molecular weight excluding hydrogens is 538 g/mol. The number of nitrogens with zero attached hydrogens (tertiary/aromatic N) is 2. The highest BCUT2D eigenvalue weighted by Crippen LogP contribution is 2.32. The lowest BCUT2D eigenvalue weighted by Gasteiger charge is -2.32. The number of benzene rings is 3. The number of carbonyl (C=O) groups excluding carboxylic acids is 1. The molecule has 3 aromatic carbocycles. The summed E-state index contributed by atoms with van der Waals surface area (Å²) >= 11 is 6.00. The van der Waals surface area contributed by atoms with Gasteiger partial charge < -0.3 is 24.1 Å². The first-order valence-corrected chi connectivity index (χ1v) is 14.8. The zero-order chi connectivity index (χ0) is 28.6. The van der Waals surface area contributed by atoms with Crippen LogP contribution in [-0.4, -0.2) is 40.7 Å². The van der Waals surface area contributed by atoms with Crippen LogP contribution in [0.3, 0.4) is 0 Å². The number of likely N-dealkylation sites (tertiary alicyclic amines) is 1. The van der Waals surface area contributed by atoms with Gasteiger partial charge in [0.1, 0.15) is 30.3 Å². The Morgan fingerprint density at radius 1 is 1.05 bits per heavy atom. The maximum absolute atomic E-state index is 12.6. The zero-order valence-electron chi connectivity index (χ0n) is 23.8. The lowest BCUT2D eigenvalue weighted by molar-refractivity contribution is 0.0749. The van der Waals surface area contributed by atoms with E-state index in [1.165, 1.54) is 0 Å². The van der Waals surface area contributed by atoms with Crippen LogP contribution in [0.1, 0.15) is 50.1 Å². The summed E-state index contributed by atoms with van der Waals surface area (Å²) in [6, 6.07) is 21.6. The second kappa shape index (κ2) is 13.8. The Bertz CT molecular complexity index is 1420. The number of aromatic nitrogens is 2. The van der Waals surface area contributed by atoms with Gasteiger partial charge in [0.15, 0.2) is 5.75 Å². The molecule has 0 unspecified atom stereocenters. The fraction of sp³-hybridized carbons (Fsp3) is 0.394. The van der Waals surface area contributed by atoms with Gasteiger partial charge in [-0.1, -0.05) is 61.8 Å². The molecule has 4 aromatic rings. The van der Waals surface area contributed by atoms with Crippen molar-refractivity contribution in [2.75, 3.05) is 19.7 Å². The van der Waals surface area contributed by atoms with Crippen LogP contribution < -0.4 is 9.47 Å². The fourth-order valence-corrected chi connectivity index (χ4v) is 5.26. The number of halogens is 1. The quantitative estimate of drug-likeness (QED) is 0.197. The molecule has 0 spiro atoms. The van der Waals surface area contributed by atoms with E-state index < -0.39 is 0 Å². The molecule has 216 valence electrons. The molecule has 41 heavy (non-hydrogen) atoms. The van der Waals surface area contributed by atoms with E-state index in [1.54, 1.807) is 12.1 Å². The largest absolute Gasteiger partial charge is 0.486 e. The molecule has 1 aliphatic heterocycles. The molecule has 1 saturated heterocycles. The standard InChI is InChI=1S/C33H38ClN3O4/c1-23(2)20-41-33(38)37-18-6-9-24(19-37)10-11-26-12-17-29-31(32(26)40-21-25-7-4-3-5-8-25)36-30(35-29)22-39-28-15-13-27(34)14-16-28/h3-5,7-8,12-17,23-24H,6,9-11,18-22H2,1-2H3,(H,35,36)/t24-/m0/s1. The number of aryl methyl sites for hydroxylation is 1. The minimum atomic E-state index is -0.193. The van der Waals surface area contributed by atoms with E-state index in [-0.39, 0.29) is 6.09 Å². The predicted molar refractivity (Wildman–Crippen MR) is 161 cm³/mol. The molecule has 0 aliphatic carbocycles. The molecule has 1 aliphatic rings. The van der Waals surface area contributed by atoms with Crippen molar-refractivity contribution in [1.29, 1.82) is 0 Å². The van der Waals surface area contributed by atoms with Crippen molar-refractivity contribution in [2.24, 2.45) is 11.8 Å². The average molecular weight is 576 g/mol. The van der Waals surface area contributed by atoms with E-state index in [2.05, 4.69) is 43.1 Å². The van der Waals surface area contributed by atoms with Crippen LogP contribution in [0.4, 0.5) is 4.79 Å². The summed E-state index contributed by atoms with van der Waals surface area (Å²) in [5.41, 5.74) is 3.92. The van der Waals surface area contributed by atoms with Crippen LogP contribution in [0.5, 0.6) is 11.5 Å². The van der Waals surface area contributed by atoms with Crippen LogP contribution in [0.15, 0.2) is 66.7 Å². The summed E-state index contributed by atoms with van der Waals surface area (Å²) in [6.07, 6.45) is 3.70. The van der Waals surface area contributed by atoms with E-state index >= 15 is 0 Å².